The van der Waals surface area contributed by atoms with E-state index in [0.29, 0.717) is 5.69 Å². The number of hydrogen-bond donors (Lipinski definition) is 2. The van der Waals surface area contributed by atoms with Crippen LogP contribution in [0.5, 0.6) is 0 Å². The average Bonchev–Trinajstić information content (AvgIpc) is 3.16. The lowest BCUT2D eigenvalue weighted by atomic mass is 10.1. The number of nitrogens with one attached hydrogen (secondary N) is 2. The van der Waals surface area contributed by atoms with Gasteiger partial charge in [-0.05, 0) is 18.2 Å². The summed E-state index contributed by atoms with van der Waals surface area (Å²) in [6.07, 6.45) is 0. The lowest BCUT2D eigenvalue weighted by Gasteiger charge is -2.13. The number of anilines is 1. The number of aromatic amines is 1. The number of amides is 1. The van der Waals surface area contributed by atoms with E-state index in [1.165, 1.54) is 0 Å². The van der Waals surface area contributed by atoms with Crippen molar-refractivity contribution >= 4 is 11.6 Å². The van der Waals surface area contributed by atoms with Gasteiger partial charge in [0.2, 0.25) is 0 Å². The predicted octanol–water partition coefficient (Wildman–Crippen LogP) is 2.92. The molecule has 2 aromatic carbocycles. The minimum absolute atomic E-state index is 0.227. The zero-order valence-corrected chi connectivity index (χ0v) is 14.8. The number of aromatic nitrogens is 2. The third-order valence-electron chi connectivity index (χ3n) is 3.84. The topological polar surface area (TPSA) is 61.0 Å². The second-order valence-electron chi connectivity index (χ2n) is 5.93. The molecule has 0 saturated heterocycles. The van der Waals surface area contributed by atoms with Crippen LogP contribution in [0.25, 0.3) is 11.3 Å². The Morgan fingerprint density at radius 3 is 2.62 bits per heavy atom. The van der Waals surface area contributed by atoms with Gasteiger partial charge in [0.1, 0.15) is 5.69 Å². The highest BCUT2D eigenvalue weighted by molar-refractivity contribution is 5.93. The van der Waals surface area contributed by atoms with Crippen LogP contribution in [-0.2, 0) is 0 Å². The fourth-order valence-electron chi connectivity index (χ4n) is 2.52. The first-order valence-electron chi connectivity index (χ1n) is 8.29. The van der Waals surface area contributed by atoms with E-state index < -0.39 is 0 Å². The van der Waals surface area contributed by atoms with Crippen molar-refractivity contribution in [3.05, 3.63) is 71.9 Å². The van der Waals surface area contributed by atoms with Crippen molar-refractivity contribution in [3.8, 4) is 23.1 Å². The number of carbonyl (C=O) groups excluding carboxylic acids is 1. The summed E-state index contributed by atoms with van der Waals surface area (Å²) in [5.74, 6) is 5.87. The molecule has 1 heterocycles. The van der Waals surface area contributed by atoms with Crippen LogP contribution in [0.1, 0.15) is 16.1 Å². The zero-order valence-electron chi connectivity index (χ0n) is 14.8. The Morgan fingerprint density at radius 1 is 1.12 bits per heavy atom. The molecule has 1 amide bonds. The summed E-state index contributed by atoms with van der Waals surface area (Å²) >= 11 is 0. The molecule has 26 heavy (non-hydrogen) atoms. The molecule has 0 aliphatic rings. The van der Waals surface area contributed by atoms with E-state index >= 15 is 0 Å². The molecule has 0 radical (unpaired) electrons. The van der Waals surface area contributed by atoms with E-state index in [9.17, 15) is 4.79 Å². The van der Waals surface area contributed by atoms with E-state index in [1.54, 1.807) is 6.07 Å². The third kappa shape index (κ3) is 4.11. The second-order valence-corrected chi connectivity index (χ2v) is 5.93. The van der Waals surface area contributed by atoms with Crippen molar-refractivity contribution in [2.24, 2.45) is 0 Å². The molecule has 0 bridgehead atoms. The number of benzene rings is 2. The number of carbonyl (C=O) groups is 1. The van der Waals surface area contributed by atoms with Gasteiger partial charge in [0.15, 0.2) is 0 Å². The Bertz CT molecular complexity index is 949. The predicted molar refractivity (Wildman–Crippen MR) is 104 cm³/mol. The average molecular weight is 344 g/mol. The quantitative estimate of drug-likeness (QED) is 0.716. The molecule has 0 atom stereocenters. The van der Waals surface area contributed by atoms with E-state index in [-0.39, 0.29) is 12.5 Å². The Labute approximate surface area is 153 Å². The Morgan fingerprint density at radius 2 is 1.85 bits per heavy atom. The van der Waals surface area contributed by atoms with Crippen LogP contribution >= 0.6 is 0 Å². The van der Waals surface area contributed by atoms with Crippen molar-refractivity contribution < 1.29 is 4.79 Å². The lowest BCUT2D eigenvalue weighted by Crippen LogP contribution is -2.23. The van der Waals surface area contributed by atoms with Gasteiger partial charge in [0.25, 0.3) is 5.91 Å². The van der Waals surface area contributed by atoms with Crippen molar-refractivity contribution in [3.63, 3.8) is 0 Å². The van der Waals surface area contributed by atoms with Crippen LogP contribution in [0.3, 0.4) is 0 Å². The van der Waals surface area contributed by atoms with E-state index in [0.717, 1.165) is 22.5 Å². The molecular formula is C21H20N4O. The molecule has 0 unspecified atom stereocenters. The van der Waals surface area contributed by atoms with Crippen LogP contribution in [0.15, 0.2) is 60.7 Å². The molecule has 0 spiro atoms. The minimum atomic E-state index is -0.227. The first kappa shape index (κ1) is 17.3. The molecule has 1 aromatic heterocycles. The van der Waals surface area contributed by atoms with Crippen molar-refractivity contribution in [2.45, 2.75) is 0 Å². The standard InChI is InChI=1S/C21H20N4O/c1-25(2)20-13-7-6-11-17(20)12-8-14-22-21(26)19-15-18(23-24-19)16-9-4-3-5-10-16/h3-7,9-11,13,15H,14H2,1-2H3,(H,22,26)(H,23,24). The zero-order chi connectivity index (χ0) is 18.4. The van der Waals surface area contributed by atoms with Gasteiger partial charge >= 0.3 is 0 Å². The van der Waals surface area contributed by atoms with Gasteiger partial charge in [-0.1, -0.05) is 54.3 Å². The number of nitrogens with zero attached hydrogens (tertiary/aromatic N) is 2. The number of rotatable bonds is 4. The second kappa shape index (κ2) is 8.04. The van der Waals surface area contributed by atoms with Gasteiger partial charge in [-0.3, -0.25) is 9.89 Å². The van der Waals surface area contributed by atoms with Gasteiger partial charge in [0, 0.05) is 25.2 Å². The number of para-hydroxylation sites is 1. The summed E-state index contributed by atoms with van der Waals surface area (Å²) in [6.45, 7) is 0.264. The fraction of sp³-hybridized carbons (Fsp3) is 0.143. The van der Waals surface area contributed by atoms with Crippen LogP contribution in [0.2, 0.25) is 0 Å². The van der Waals surface area contributed by atoms with Crippen molar-refractivity contribution in [2.75, 3.05) is 25.5 Å². The molecule has 0 aliphatic carbocycles. The largest absolute Gasteiger partial charge is 0.377 e. The van der Waals surface area contributed by atoms with Gasteiger partial charge < -0.3 is 10.2 Å². The highest BCUT2D eigenvalue weighted by Gasteiger charge is 2.09. The van der Waals surface area contributed by atoms with Crippen LogP contribution in [0.4, 0.5) is 5.69 Å². The Balaban J connectivity index is 1.62. The van der Waals surface area contributed by atoms with Gasteiger partial charge in [-0.15, -0.1) is 0 Å². The maximum Gasteiger partial charge on any atom is 0.270 e. The molecule has 5 heteroatoms. The van der Waals surface area contributed by atoms with Crippen LogP contribution in [-0.4, -0.2) is 36.7 Å². The lowest BCUT2D eigenvalue weighted by molar-refractivity contribution is 0.0953. The van der Waals surface area contributed by atoms with Crippen molar-refractivity contribution in [1.29, 1.82) is 0 Å². The molecule has 0 saturated carbocycles. The Hall–Kier alpha value is -3.52. The normalized spacial score (nSPS) is 9.92. The molecule has 0 aliphatic heterocycles. The third-order valence-corrected chi connectivity index (χ3v) is 3.84. The summed E-state index contributed by atoms with van der Waals surface area (Å²) in [5.41, 5.74) is 4.09. The first-order chi connectivity index (χ1) is 12.6. The molecule has 3 aromatic rings. The van der Waals surface area contributed by atoms with E-state index in [1.807, 2.05) is 73.6 Å². The van der Waals surface area contributed by atoms with Gasteiger partial charge in [-0.25, -0.2) is 0 Å². The molecule has 0 fully saturated rings. The molecule has 3 rings (SSSR count). The smallest absolute Gasteiger partial charge is 0.270 e. The van der Waals surface area contributed by atoms with E-state index in [2.05, 4.69) is 27.4 Å². The fourth-order valence-corrected chi connectivity index (χ4v) is 2.52. The molecular weight excluding hydrogens is 324 g/mol. The van der Waals surface area contributed by atoms with Crippen molar-refractivity contribution in [1.82, 2.24) is 15.5 Å². The monoisotopic (exact) mass is 344 g/mol. The summed E-state index contributed by atoms with van der Waals surface area (Å²) in [5, 5.41) is 9.74. The number of hydrogen-bond acceptors (Lipinski definition) is 3. The maximum absolute atomic E-state index is 12.2. The highest BCUT2D eigenvalue weighted by Crippen LogP contribution is 2.17. The minimum Gasteiger partial charge on any atom is -0.377 e. The molecule has 130 valence electrons. The molecule has 5 nitrogen and oxygen atoms in total. The number of H-pyrrole nitrogens is 1. The summed E-state index contributed by atoms with van der Waals surface area (Å²) in [6, 6.07) is 19.4. The SMILES string of the molecule is CN(C)c1ccccc1C#CCNC(=O)c1cc(-c2ccccc2)n[nH]1. The summed E-state index contributed by atoms with van der Waals surface area (Å²) < 4.78 is 0. The highest BCUT2D eigenvalue weighted by atomic mass is 16.1. The molecule has 2 N–H and O–H groups in total. The van der Waals surface area contributed by atoms with Gasteiger partial charge in [-0.2, -0.15) is 5.10 Å². The van der Waals surface area contributed by atoms with Crippen LogP contribution < -0.4 is 10.2 Å². The first-order valence-corrected chi connectivity index (χ1v) is 8.29. The van der Waals surface area contributed by atoms with E-state index in [4.69, 9.17) is 0 Å². The van der Waals surface area contributed by atoms with Crippen LogP contribution in [0, 0.1) is 11.8 Å². The summed E-state index contributed by atoms with van der Waals surface area (Å²) in [7, 11) is 3.95. The summed E-state index contributed by atoms with van der Waals surface area (Å²) in [4.78, 5) is 14.2. The Kier molecular flexibility index (Phi) is 5.35. The van der Waals surface area contributed by atoms with Gasteiger partial charge in [0.05, 0.1) is 17.9 Å². The maximum atomic E-state index is 12.2.